The molecule has 122 valence electrons. The average molecular weight is 345 g/mol. The number of pyridine rings is 1. The maximum atomic E-state index is 12.1. The Bertz CT molecular complexity index is 674. The average Bonchev–Trinajstić information content (AvgIpc) is 2.66. The van der Waals surface area contributed by atoms with Crippen LogP contribution in [-0.2, 0) is 19.3 Å². The number of halogens is 1. The second-order valence-electron chi connectivity index (χ2n) is 6.65. The summed E-state index contributed by atoms with van der Waals surface area (Å²) in [5, 5.41) is 0.329. The minimum absolute atomic E-state index is 0.305. The minimum Gasteiger partial charge on any atom is -0.377 e. The van der Waals surface area contributed by atoms with E-state index in [0.717, 1.165) is 18.7 Å². The molecule has 0 saturated carbocycles. The van der Waals surface area contributed by atoms with Gasteiger partial charge in [0.05, 0.1) is 30.0 Å². The Morgan fingerprint density at radius 3 is 2.41 bits per heavy atom. The zero-order chi connectivity index (χ0) is 16.1. The molecule has 0 N–H and O–H groups in total. The van der Waals surface area contributed by atoms with E-state index >= 15 is 0 Å². The summed E-state index contributed by atoms with van der Waals surface area (Å²) >= 11 is 6.18. The van der Waals surface area contributed by atoms with E-state index in [1.807, 2.05) is 6.07 Å². The third-order valence-corrected chi connectivity index (χ3v) is 7.19. The molecular formula is C15H21ClN2O3S. The lowest BCUT2D eigenvalue weighted by Crippen LogP contribution is -2.46. The van der Waals surface area contributed by atoms with Crippen LogP contribution in [0.5, 0.6) is 0 Å². The lowest BCUT2D eigenvalue weighted by molar-refractivity contribution is 0.0902. The lowest BCUT2D eigenvalue weighted by atomic mass is 10.0. The summed E-state index contributed by atoms with van der Waals surface area (Å²) < 4.78 is 28.8. The molecule has 1 aromatic rings. The Morgan fingerprint density at radius 1 is 1.27 bits per heavy atom. The van der Waals surface area contributed by atoms with E-state index in [4.69, 9.17) is 16.3 Å². The Balaban J connectivity index is 2.05. The highest BCUT2D eigenvalue weighted by Crippen LogP contribution is 2.37. The molecule has 3 rings (SSSR count). The normalized spacial score (nSPS) is 25.5. The Labute approximate surface area is 136 Å². The fourth-order valence-corrected chi connectivity index (χ4v) is 3.93. The predicted molar refractivity (Wildman–Crippen MR) is 87.2 cm³/mol. The zero-order valence-corrected chi connectivity index (χ0v) is 14.6. The van der Waals surface area contributed by atoms with Gasteiger partial charge in [0.25, 0.3) is 0 Å². The van der Waals surface area contributed by atoms with Crippen molar-refractivity contribution in [3.05, 3.63) is 22.8 Å². The highest BCUT2D eigenvalue weighted by molar-refractivity contribution is 7.91. The fraction of sp³-hybridized carbons (Fsp3) is 0.667. The van der Waals surface area contributed by atoms with Gasteiger partial charge in [-0.25, -0.2) is 13.4 Å². The molecule has 0 aliphatic carbocycles. The second kappa shape index (κ2) is 5.35. The van der Waals surface area contributed by atoms with Crippen LogP contribution in [0, 0.1) is 0 Å². The number of ether oxygens (including phenoxy) is 1. The second-order valence-corrected chi connectivity index (χ2v) is 9.60. The third kappa shape index (κ3) is 2.61. The van der Waals surface area contributed by atoms with Gasteiger partial charge < -0.3 is 9.64 Å². The number of nitrogens with zero attached hydrogens (tertiary/aromatic N) is 2. The first-order chi connectivity index (χ1) is 10.2. The summed E-state index contributed by atoms with van der Waals surface area (Å²) in [5.74, 6) is 0.759. The number of sulfone groups is 1. The maximum Gasteiger partial charge on any atom is 0.156 e. The van der Waals surface area contributed by atoms with Crippen LogP contribution in [0.15, 0.2) is 12.1 Å². The van der Waals surface area contributed by atoms with E-state index in [1.54, 1.807) is 19.9 Å². The molecule has 1 aromatic heterocycles. The van der Waals surface area contributed by atoms with Crippen LogP contribution in [-0.4, -0.2) is 45.0 Å². The molecule has 2 atom stereocenters. The summed E-state index contributed by atoms with van der Waals surface area (Å²) in [6.07, 6.45) is 3.40. The summed E-state index contributed by atoms with van der Waals surface area (Å²) in [6.45, 7) is 4.78. The van der Waals surface area contributed by atoms with Gasteiger partial charge in [-0.2, -0.15) is 0 Å². The number of anilines is 1. The van der Waals surface area contributed by atoms with Gasteiger partial charge in [-0.15, -0.1) is 0 Å². The molecule has 5 nitrogen and oxygen atoms in total. The zero-order valence-electron chi connectivity index (χ0n) is 13.0. The monoisotopic (exact) mass is 344 g/mol. The highest BCUT2D eigenvalue weighted by Gasteiger charge is 2.39. The molecule has 2 fully saturated rings. The van der Waals surface area contributed by atoms with Gasteiger partial charge in [0.15, 0.2) is 9.84 Å². The highest BCUT2D eigenvalue weighted by atomic mass is 35.5. The van der Waals surface area contributed by atoms with Gasteiger partial charge in [0.1, 0.15) is 11.0 Å². The number of morpholine rings is 1. The summed E-state index contributed by atoms with van der Waals surface area (Å²) in [5.41, 5.74) is 0.677. The molecular weight excluding hydrogens is 324 g/mol. The first-order valence-corrected chi connectivity index (χ1v) is 9.71. The van der Waals surface area contributed by atoms with E-state index in [1.165, 1.54) is 6.26 Å². The van der Waals surface area contributed by atoms with E-state index in [2.05, 4.69) is 9.88 Å². The van der Waals surface area contributed by atoms with Gasteiger partial charge >= 0.3 is 0 Å². The maximum absolute atomic E-state index is 12.1. The first kappa shape index (κ1) is 16.0. The van der Waals surface area contributed by atoms with Gasteiger partial charge in [-0.1, -0.05) is 11.6 Å². The van der Waals surface area contributed by atoms with Crippen molar-refractivity contribution in [2.45, 2.75) is 43.5 Å². The Kier molecular flexibility index (Phi) is 3.90. The summed E-state index contributed by atoms with van der Waals surface area (Å²) in [7, 11) is -3.26. The van der Waals surface area contributed by atoms with Crippen molar-refractivity contribution < 1.29 is 13.2 Å². The summed E-state index contributed by atoms with van der Waals surface area (Å²) in [6, 6.07) is 4.12. The molecule has 3 heterocycles. The van der Waals surface area contributed by atoms with Crippen LogP contribution in [0.2, 0.25) is 5.15 Å². The number of hydrogen-bond acceptors (Lipinski definition) is 5. The van der Waals surface area contributed by atoms with Crippen molar-refractivity contribution >= 4 is 27.3 Å². The lowest BCUT2D eigenvalue weighted by Gasteiger charge is -2.36. The fourth-order valence-electron chi connectivity index (χ4n) is 3.18. The summed E-state index contributed by atoms with van der Waals surface area (Å²) in [4.78, 5) is 6.68. The minimum atomic E-state index is -3.26. The van der Waals surface area contributed by atoms with Gasteiger partial charge in [0.2, 0.25) is 0 Å². The molecule has 0 spiro atoms. The number of aromatic nitrogens is 1. The number of rotatable bonds is 3. The molecule has 2 aliphatic rings. The largest absolute Gasteiger partial charge is 0.377 e. The predicted octanol–water partition coefficient (Wildman–Crippen LogP) is 2.38. The van der Waals surface area contributed by atoms with Crippen molar-refractivity contribution in [2.75, 3.05) is 24.4 Å². The van der Waals surface area contributed by atoms with E-state index in [9.17, 15) is 8.42 Å². The van der Waals surface area contributed by atoms with Crippen molar-refractivity contribution in [3.8, 4) is 0 Å². The van der Waals surface area contributed by atoms with Crippen molar-refractivity contribution in [2.24, 2.45) is 0 Å². The SMILES string of the molecule is CC(C)(c1cc(Cl)nc(N2C3CCC2COC3)c1)S(C)(=O)=O. The van der Waals surface area contributed by atoms with E-state index in [0.29, 0.717) is 36.0 Å². The smallest absolute Gasteiger partial charge is 0.156 e. The standard InChI is InChI=1S/C15H21ClN2O3S/c1-15(2,22(3,19)20)10-6-13(16)17-14(7-10)18-11-4-5-12(18)9-21-8-11/h6-7,11-12H,4-5,8-9H2,1-3H3. The van der Waals surface area contributed by atoms with Gasteiger partial charge in [-0.3, -0.25) is 0 Å². The van der Waals surface area contributed by atoms with Crippen LogP contribution < -0.4 is 4.90 Å². The molecule has 0 radical (unpaired) electrons. The quantitative estimate of drug-likeness (QED) is 0.788. The molecule has 0 amide bonds. The number of hydrogen-bond donors (Lipinski definition) is 0. The molecule has 2 bridgehead atoms. The Morgan fingerprint density at radius 2 is 1.86 bits per heavy atom. The molecule has 2 unspecified atom stereocenters. The van der Waals surface area contributed by atoms with E-state index < -0.39 is 14.6 Å². The van der Waals surface area contributed by atoms with Crippen LogP contribution in [0.3, 0.4) is 0 Å². The molecule has 7 heteroatoms. The molecule has 22 heavy (non-hydrogen) atoms. The Hall–Kier alpha value is -0.850. The molecule has 2 aliphatic heterocycles. The van der Waals surface area contributed by atoms with Crippen molar-refractivity contribution in [1.29, 1.82) is 0 Å². The van der Waals surface area contributed by atoms with Crippen LogP contribution in [0.1, 0.15) is 32.3 Å². The van der Waals surface area contributed by atoms with Crippen LogP contribution >= 0.6 is 11.6 Å². The van der Waals surface area contributed by atoms with Crippen molar-refractivity contribution in [3.63, 3.8) is 0 Å². The molecule has 2 saturated heterocycles. The number of fused-ring (bicyclic) bond motifs is 2. The third-order valence-electron chi connectivity index (χ3n) is 4.91. The first-order valence-electron chi connectivity index (χ1n) is 7.44. The van der Waals surface area contributed by atoms with E-state index in [-0.39, 0.29) is 0 Å². The van der Waals surface area contributed by atoms with Crippen molar-refractivity contribution in [1.82, 2.24) is 4.98 Å². The van der Waals surface area contributed by atoms with Gasteiger partial charge in [-0.05, 0) is 44.4 Å². The topological polar surface area (TPSA) is 59.5 Å². The van der Waals surface area contributed by atoms with Crippen LogP contribution in [0.25, 0.3) is 0 Å². The van der Waals surface area contributed by atoms with Crippen LogP contribution in [0.4, 0.5) is 5.82 Å². The molecule has 0 aromatic carbocycles. The van der Waals surface area contributed by atoms with Gasteiger partial charge in [0, 0.05) is 6.26 Å².